The van der Waals surface area contributed by atoms with Crippen LogP contribution in [0.2, 0.25) is 0 Å². The summed E-state index contributed by atoms with van der Waals surface area (Å²) in [6.07, 6.45) is 5.43. The second-order valence-electron chi connectivity index (χ2n) is 7.50. The molecule has 0 bridgehead atoms. The molecule has 7 nitrogen and oxygen atoms in total. The number of rotatable bonds is 7. The maximum Gasteiger partial charge on any atom is 0.318 e. The van der Waals surface area contributed by atoms with Gasteiger partial charge in [0.1, 0.15) is 5.75 Å². The zero-order chi connectivity index (χ0) is 19.3. The SMILES string of the molecule is COc1ccc(CN(C[C@H]2CCCO2)C(=O)NCc2n[nH]c3c2CCC3)cc1. The summed E-state index contributed by atoms with van der Waals surface area (Å²) in [7, 11) is 1.65. The number of carbonyl (C=O) groups excluding carboxylic acids is 1. The number of fused-ring (bicyclic) bond motifs is 1. The fourth-order valence-electron chi connectivity index (χ4n) is 4.01. The van der Waals surface area contributed by atoms with Crippen LogP contribution in [-0.2, 0) is 30.7 Å². The number of hydrogen-bond donors (Lipinski definition) is 2. The second kappa shape index (κ2) is 8.65. The van der Waals surface area contributed by atoms with Crippen molar-refractivity contribution in [1.29, 1.82) is 0 Å². The maximum atomic E-state index is 13.0. The molecule has 2 aliphatic rings. The smallest absolute Gasteiger partial charge is 0.318 e. The van der Waals surface area contributed by atoms with Gasteiger partial charge in [-0.25, -0.2) is 4.79 Å². The monoisotopic (exact) mass is 384 g/mol. The summed E-state index contributed by atoms with van der Waals surface area (Å²) in [5.41, 5.74) is 4.52. The molecule has 1 saturated heterocycles. The summed E-state index contributed by atoms with van der Waals surface area (Å²) in [5.74, 6) is 0.811. The number of nitrogens with zero attached hydrogens (tertiary/aromatic N) is 2. The first-order valence-corrected chi connectivity index (χ1v) is 10.0. The minimum absolute atomic E-state index is 0.0823. The molecule has 0 saturated carbocycles. The van der Waals surface area contributed by atoms with Crippen molar-refractivity contribution in [2.45, 2.75) is 51.3 Å². The molecule has 150 valence electrons. The van der Waals surface area contributed by atoms with Gasteiger partial charge < -0.3 is 19.7 Å². The maximum absolute atomic E-state index is 13.0. The highest BCUT2D eigenvalue weighted by molar-refractivity contribution is 5.74. The summed E-state index contributed by atoms with van der Waals surface area (Å²) < 4.78 is 11.0. The fraction of sp³-hybridized carbons (Fsp3) is 0.524. The Kier molecular flexibility index (Phi) is 5.81. The third-order valence-corrected chi connectivity index (χ3v) is 5.57. The number of carbonyl (C=O) groups is 1. The molecule has 0 spiro atoms. The van der Waals surface area contributed by atoms with Crippen LogP contribution < -0.4 is 10.1 Å². The van der Waals surface area contributed by atoms with E-state index in [1.807, 2.05) is 29.2 Å². The molecular formula is C21H28N4O3. The summed E-state index contributed by atoms with van der Waals surface area (Å²) in [6.45, 7) is 2.36. The number of amides is 2. The predicted molar refractivity (Wildman–Crippen MR) is 105 cm³/mol. The molecule has 7 heteroatoms. The first-order valence-electron chi connectivity index (χ1n) is 10.0. The number of aromatic amines is 1. The number of ether oxygens (including phenoxy) is 2. The average molecular weight is 384 g/mol. The van der Waals surface area contributed by atoms with E-state index in [-0.39, 0.29) is 12.1 Å². The number of H-pyrrole nitrogens is 1. The van der Waals surface area contributed by atoms with Crippen molar-refractivity contribution >= 4 is 6.03 Å². The number of methoxy groups -OCH3 is 1. The van der Waals surface area contributed by atoms with E-state index in [0.717, 1.165) is 55.7 Å². The molecule has 2 aromatic rings. The summed E-state index contributed by atoms with van der Waals surface area (Å²) in [5, 5.41) is 10.5. The lowest BCUT2D eigenvalue weighted by molar-refractivity contribution is 0.0794. The highest BCUT2D eigenvalue weighted by Gasteiger charge is 2.24. The van der Waals surface area contributed by atoms with Gasteiger partial charge in [-0.1, -0.05) is 12.1 Å². The van der Waals surface area contributed by atoms with Crippen molar-refractivity contribution in [2.75, 3.05) is 20.3 Å². The first-order chi connectivity index (χ1) is 13.7. The van der Waals surface area contributed by atoms with Crippen molar-refractivity contribution in [2.24, 2.45) is 0 Å². The van der Waals surface area contributed by atoms with Crippen LogP contribution in [0.5, 0.6) is 5.75 Å². The minimum atomic E-state index is -0.0823. The molecule has 1 aliphatic heterocycles. The summed E-state index contributed by atoms with van der Waals surface area (Å²) >= 11 is 0. The molecule has 1 fully saturated rings. The van der Waals surface area contributed by atoms with Crippen LogP contribution in [0, 0.1) is 0 Å². The molecule has 28 heavy (non-hydrogen) atoms. The third kappa shape index (κ3) is 4.30. The zero-order valence-corrected chi connectivity index (χ0v) is 16.4. The van der Waals surface area contributed by atoms with E-state index < -0.39 is 0 Å². The molecule has 0 radical (unpaired) electrons. The van der Waals surface area contributed by atoms with Crippen LogP contribution >= 0.6 is 0 Å². The van der Waals surface area contributed by atoms with Crippen molar-refractivity contribution in [1.82, 2.24) is 20.4 Å². The number of aryl methyl sites for hydroxylation is 1. The van der Waals surface area contributed by atoms with Gasteiger partial charge in [0.05, 0.1) is 25.5 Å². The van der Waals surface area contributed by atoms with E-state index in [2.05, 4.69) is 15.5 Å². The van der Waals surface area contributed by atoms with Crippen LogP contribution in [0.4, 0.5) is 4.79 Å². The van der Waals surface area contributed by atoms with E-state index in [4.69, 9.17) is 9.47 Å². The Morgan fingerprint density at radius 2 is 2.18 bits per heavy atom. The third-order valence-electron chi connectivity index (χ3n) is 5.57. The van der Waals surface area contributed by atoms with Crippen LogP contribution in [0.25, 0.3) is 0 Å². The van der Waals surface area contributed by atoms with E-state index in [1.165, 1.54) is 11.3 Å². The molecule has 1 aliphatic carbocycles. The van der Waals surface area contributed by atoms with E-state index in [1.54, 1.807) is 7.11 Å². The van der Waals surface area contributed by atoms with E-state index in [0.29, 0.717) is 19.6 Å². The van der Waals surface area contributed by atoms with E-state index >= 15 is 0 Å². The van der Waals surface area contributed by atoms with Crippen molar-refractivity contribution in [3.63, 3.8) is 0 Å². The fourth-order valence-corrected chi connectivity index (χ4v) is 4.01. The standard InChI is InChI=1S/C21H28N4O3/c1-27-16-9-7-15(8-10-16)13-25(14-17-4-3-11-28-17)21(26)22-12-20-18-5-2-6-19(18)23-24-20/h7-10,17H,2-6,11-14H2,1H3,(H,22,26)(H,23,24)/t17-/m1/s1. The highest BCUT2D eigenvalue weighted by atomic mass is 16.5. The van der Waals surface area contributed by atoms with Gasteiger partial charge >= 0.3 is 6.03 Å². The number of nitrogens with one attached hydrogen (secondary N) is 2. The second-order valence-corrected chi connectivity index (χ2v) is 7.50. The molecule has 4 rings (SSSR count). The number of hydrogen-bond acceptors (Lipinski definition) is 4. The van der Waals surface area contributed by atoms with Crippen LogP contribution in [0.3, 0.4) is 0 Å². The Balaban J connectivity index is 1.41. The quantitative estimate of drug-likeness (QED) is 0.769. The molecule has 1 atom stereocenters. The zero-order valence-electron chi connectivity index (χ0n) is 16.4. The molecule has 2 amide bonds. The van der Waals surface area contributed by atoms with Gasteiger partial charge in [0, 0.05) is 25.4 Å². The normalized spacial score (nSPS) is 18.1. The lowest BCUT2D eigenvalue weighted by atomic mass is 10.2. The summed E-state index contributed by atoms with van der Waals surface area (Å²) in [6, 6.07) is 7.75. The minimum Gasteiger partial charge on any atom is -0.497 e. The Hall–Kier alpha value is -2.54. The first kappa shape index (κ1) is 18.8. The number of aromatic nitrogens is 2. The van der Waals surface area contributed by atoms with Gasteiger partial charge in [-0.2, -0.15) is 5.10 Å². The van der Waals surface area contributed by atoms with Gasteiger partial charge in [0.25, 0.3) is 0 Å². The molecule has 2 N–H and O–H groups in total. The molecule has 2 heterocycles. The average Bonchev–Trinajstić information content (AvgIpc) is 3.45. The van der Waals surface area contributed by atoms with Crippen LogP contribution in [0.1, 0.15) is 41.8 Å². The Bertz CT molecular complexity index is 796. The Labute approximate surface area is 165 Å². The van der Waals surface area contributed by atoms with Gasteiger partial charge in [-0.15, -0.1) is 0 Å². The number of benzene rings is 1. The Morgan fingerprint density at radius 3 is 2.93 bits per heavy atom. The van der Waals surface area contributed by atoms with Gasteiger partial charge in [-0.3, -0.25) is 5.10 Å². The van der Waals surface area contributed by atoms with Gasteiger partial charge in [-0.05, 0) is 55.4 Å². The van der Waals surface area contributed by atoms with Gasteiger partial charge in [0.15, 0.2) is 0 Å². The van der Waals surface area contributed by atoms with Crippen LogP contribution in [0.15, 0.2) is 24.3 Å². The lowest BCUT2D eigenvalue weighted by Gasteiger charge is -2.26. The topological polar surface area (TPSA) is 79.5 Å². The highest BCUT2D eigenvalue weighted by Crippen LogP contribution is 2.23. The van der Waals surface area contributed by atoms with Crippen molar-refractivity contribution in [3.05, 3.63) is 46.8 Å². The molecular weight excluding hydrogens is 356 g/mol. The van der Waals surface area contributed by atoms with Crippen LogP contribution in [-0.4, -0.2) is 47.5 Å². The lowest BCUT2D eigenvalue weighted by Crippen LogP contribution is -2.43. The van der Waals surface area contributed by atoms with Crippen molar-refractivity contribution < 1.29 is 14.3 Å². The largest absolute Gasteiger partial charge is 0.497 e. The van der Waals surface area contributed by atoms with Crippen molar-refractivity contribution in [3.8, 4) is 5.75 Å². The summed E-state index contributed by atoms with van der Waals surface area (Å²) in [4.78, 5) is 14.8. The molecule has 1 aromatic carbocycles. The van der Waals surface area contributed by atoms with Gasteiger partial charge in [0.2, 0.25) is 0 Å². The van der Waals surface area contributed by atoms with E-state index in [9.17, 15) is 4.79 Å². The predicted octanol–water partition coefficient (Wildman–Crippen LogP) is 2.80. The Morgan fingerprint density at radius 1 is 1.32 bits per heavy atom. The molecule has 1 aromatic heterocycles. The number of urea groups is 1. The molecule has 0 unspecified atom stereocenters.